The van der Waals surface area contributed by atoms with Crippen molar-refractivity contribution in [2.75, 3.05) is 0 Å². The van der Waals surface area contributed by atoms with Gasteiger partial charge in [-0.3, -0.25) is 0 Å². The summed E-state index contributed by atoms with van der Waals surface area (Å²) in [6.07, 6.45) is -55.5. The van der Waals surface area contributed by atoms with E-state index in [9.17, 15) is 222 Å². The van der Waals surface area contributed by atoms with Crippen LogP contribution in [0, 0.1) is 0 Å². The normalized spacial score (nSPS) is 17.5. The van der Waals surface area contributed by atoms with Crippen molar-refractivity contribution in [3.8, 4) is 0 Å². The Bertz CT molecular complexity index is 2380. The van der Waals surface area contributed by atoms with Crippen LogP contribution in [0.15, 0.2) is 0 Å². The van der Waals surface area contributed by atoms with Gasteiger partial charge in [-0.05, 0) is 38.5 Å². The molecule has 0 radical (unpaired) electrons. The number of unbranched alkanes of at least 4 members (excludes halogenated alkanes) is 9. The smallest absolute Gasteiger partial charge is 0.390 e. The minimum absolute atomic E-state index is 0.570. The molecule has 0 saturated heterocycles. The summed E-state index contributed by atoms with van der Waals surface area (Å²) < 4.78 is 638. The first-order chi connectivity index (χ1) is 40.2. The first-order valence-corrected chi connectivity index (χ1v) is 24.7. The van der Waals surface area contributed by atoms with E-state index in [2.05, 4.69) is 0 Å². The van der Waals surface area contributed by atoms with Gasteiger partial charge in [0.15, 0.2) is 0 Å². The zero-order valence-corrected chi connectivity index (χ0v) is 44.5. The minimum Gasteiger partial charge on any atom is -0.390 e. The van der Waals surface area contributed by atoms with Crippen LogP contribution in [0.3, 0.4) is 0 Å². The van der Waals surface area contributed by atoms with E-state index >= 15 is 0 Å². The summed E-state index contributed by atoms with van der Waals surface area (Å²) >= 11 is 0. The van der Waals surface area contributed by atoms with Crippen molar-refractivity contribution in [3.63, 3.8) is 0 Å². The largest absolute Gasteiger partial charge is 0.460 e. The molecule has 0 rings (SSSR count). The van der Waals surface area contributed by atoms with E-state index in [0.717, 1.165) is 0 Å². The zero-order chi connectivity index (χ0) is 75.4. The summed E-state index contributed by atoms with van der Waals surface area (Å²) in [4.78, 5) is 0. The number of hydrogen-bond donors (Lipinski definition) is 3. The molecule has 0 aliphatic carbocycles. The fourth-order valence-electron chi connectivity index (χ4n) is 7.91. The highest BCUT2D eigenvalue weighted by atomic mass is 19.5. The molecule has 0 aliphatic rings. The molecule has 0 spiro atoms. The molecule has 0 saturated carbocycles. The molecule has 93 heavy (non-hydrogen) atoms. The van der Waals surface area contributed by atoms with Crippen molar-refractivity contribution < 1.29 is 222 Å². The third kappa shape index (κ3) is 15.0. The van der Waals surface area contributed by atoms with Gasteiger partial charge < -0.3 is 15.3 Å². The first-order valence-electron chi connectivity index (χ1n) is 24.7. The van der Waals surface area contributed by atoms with Gasteiger partial charge in [-0.1, -0.05) is 57.8 Å². The van der Waals surface area contributed by atoms with Crippen molar-refractivity contribution in [2.24, 2.45) is 0 Å². The van der Waals surface area contributed by atoms with Crippen LogP contribution >= 0.6 is 0 Å². The molecule has 0 heterocycles. The summed E-state index contributed by atoms with van der Waals surface area (Å²) in [5, 5.41) is 32.8. The van der Waals surface area contributed by atoms with E-state index in [1.165, 1.54) is 0 Å². The maximum atomic E-state index is 14.6. The topological polar surface area (TPSA) is 60.7 Å². The van der Waals surface area contributed by atoms with Crippen LogP contribution in [0.1, 0.15) is 116 Å². The summed E-state index contributed by atoms with van der Waals surface area (Å²) in [6, 6.07) is 0. The zero-order valence-electron chi connectivity index (χ0n) is 44.5. The van der Waals surface area contributed by atoms with Gasteiger partial charge >= 0.3 is 131 Å². The predicted molar refractivity (Wildman–Crippen MR) is 212 cm³/mol. The van der Waals surface area contributed by atoms with Gasteiger partial charge in [0.1, 0.15) is 5.60 Å². The maximum absolute atomic E-state index is 14.6. The summed E-state index contributed by atoms with van der Waals surface area (Å²) in [6.45, 7) is 0. The first kappa shape index (κ1) is 89.6. The average Bonchev–Trinajstić information content (AvgIpc) is 0.697. The lowest BCUT2D eigenvalue weighted by molar-refractivity contribution is -0.474. The lowest BCUT2D eigenvalue weighted by Gasteiger charge is -2.44. The van der Waals surface area contributed by atoms with Crippen molar-refractivity contribution in [3.05, 3.63) is 0 Å². The Morgan fingerprint density at radius 3 is 0.527 bits per heavy atom. The summed E-state index contributed by atoms with van der Waals surface area (Å²) in [5.41, 5.74) is -3.41. The van der Waals surface area contributed by atoms with E-state index in [1.807, 2.05) is 0 Å². The van der Waals surface area contributed by atoms with E-state index in [4.69, 9.17) is 0 Å². The van der Waals surface area contributed by atoms with E-state index < -0.39 is 264 Å². The highest BCUT2D eigenvalue weighted by molar-refractivity contribution is 5.19. The van der Waals surface area contributed by atoms with Crippen LogP contribution < -0.4 is 0 Å². The van der Waals surface area contributed by atoms with Crippen LogP contribution in [0.4, 0.5) is 206 Å². The molecule has 0 aromatic heterocycles. The Hall–Kier alpha value is -3.41. The van der Waals surface area contributed by atoms with Gasteiger partial charge in [-0.2, -0.15) is 206 Å². The van der Waals surface area contributed by atoms with Gasteiger partial charge in [0.25, 0.3) is 0 Å². The van der Waals surface area contributed by atoms with Gasteiger partial charge in [-0.25, -0.2) is 0 Å². The van der Waals surface area contributed by atoms with E-state index in [1.54, 1.807) is 0 Å². The average molecular weight is 1500 g/mol. The van der Waals surface area contributed by atoms with Crippen molar-refractivity contribution >= 4 is 0 Å². The second-order valence-electron chi connectivity index (χ2n) is 20.6. The number of alkyl halides is 47. The fourth-order valence-corrected chi connectivity index (χ4v) is 7.91. The Labute approximate surface area is 486 Å². The molecule has 0 aromatic rings. The van der Waals surface area contributed by atoms with E-state index in [0.29, 0.717) is 0 Å². The number of aliphatic hydroxyl groups excluding tert-OH is 2. The monoisotopic (exact) mass is 1500 g/mol. The molecule has 560 valence electrons. The van der Waals surface area contributed by atoms with Gasteiger partial charge in [-0.15, -0.1) is 0 Å². The molecule has 3 N–H and O–H groups in total. The van der Waals surface area contributed by atoms with Crippen LogP contribution in [-0.2, 0) is 0 Å². The molecule has 0 bridgehead atoms. The lowest BCUT2D eigenvalue weighted by atomic mass is 9.80. The molecular formula is C43H41F47O3. The Morgan fingerprint density at radius 1 is 0.172 bits per heavy atom. The number of halogens is 47. The van der Waals surface area contributed by atoms with Gasteiger partial charge in [0, 0.05) is 19.3 Å². The number of hydrogen-bond acceptors (Lipinski definition) is 3. The molecule has 0 fully saturated rings. The molecular weight excluding hydrogens is 1460 g/mol. The van der Waals surface area contributed by atoms with Crippen LogP contribution in [-0.4, -0.2) is 164 Å². The maximum Gasteiger partial charge on any atom is 0.460 e. The lowest BCUT2D eigenvalue weighted by Crippen LogP contribution is -2.76. The van der Waals surface area contributed by atoms with Crippen LogP contribution in [0.5, 0.6) is 0 Å². The summed E-state index contributed by atoms with van der Waals surface area (Å²) in [5.74, 6) is -160. The van der Waals surface area contributed by atoms with Gasteiger partial charge in [0.05, 0.1) is 12.2 Å². The molecule has 3 atom stereocenters. The predicted octanol–water partition coefficient (Wildman–Crippen LogP) is 20.2. The molecule has 0 amide bonds. The third-order valence-corrected chi connectivity index (χ3v) is 14.0. The third-order valence-electron chi connectivity index (χ3n) is 14.0. The number of rotatable bonds is 39. The van der Waals surface area contributed by atoms with Crippen molar-refractivity contribution in [1.29, 1.82) is 0 Å². The molecule has 0 aliphatic heterocycles. The molecule has 50 heteroatoms. The Morgan fingerprint density at radius 2 is 0.312 bits per heavy atom. The highest BCUT2D eigenvalue weighted by Gasteiger charge is 2.99. The summed E-state index contributed by atoms with van der Waals surface area (Å²) in [7, 11) is 0. The van der Waals surface area contributed by atoms with Crippen molar-refractivity contribution in [1.82, 2.24) is 0 Å². The van der Waals surface area contributed by atoms with Crippen LogP contribution in [0.25, 0.3) is 0 Å². The van der Waals surface area contributed by atoms with Crippen molar-refractivity contribution in [2.45, 2.75) is 264 Å². The Kier molecular flexibility index (Phi) is 26.0. The second-order valence-corrected chi connectivity index (χ2v) is 20.6. The molecule has 3 nitrogen and oxygen atoms in total. The quantitative estimate of drug-likeness (QED) is 0.0425. The fraction of sp³-hybridized carbons (Fsp3) is 1.00. The van der Waals surface area contributed by atoms with Gasteiger partial charge in [0.2, 0.25) is 0 Å². The van der Waals surface area contributed by atoms with E-state index in [-0.39, 0.29) is 0 Å². The standard InChI is InChI=1S/C43H41F47O3/c44-22(45,25(50,51)29(58,59)31(62,63)34(68,69)36(72,73)39(78,79)42(85,86)87)16-11-5-3-8-14-20(92)21(93,19(91)13-7-2-1-4-10-17-24(48,49)27(54,55)38(76,77)41(82,83)84)15-9-6-12-18-23(46,47)26(52,53)28(56,57)30(60,61)32(64,65)33(66,67)35(70,71)37(74,75)40(80,81)43(88,89)90/h19-20,91-93H,1-18H2. The second kappa shape index (κ2) is 27.0. The molecule has 0 aromatic carbocycles. The minimum atomic E-state index is -9.51. The molecule has 3 unspecified atom stereocenters. The Balaban J connectivity index is 6.71. The van der Waals surface area contributed by atoms with Crippen LogP contribution in [0.2, 0.25) is 0 Å². The SMILES string of the molecule is OC(CCCCCCCC(F)(F)C(F)(F)C(F)(F)C(F)(F)F)C(O)(CCCCCC(F)(F)C(F)(F)C(F)(F)C(F)(F)C(F)(F)C(F)(F)C(F)(F)C(F)(F)C(F)(F)C(F)(F)F)C(O)CCCCCCC(F)(F)C(F)(F)C(F)(F)C(F)(F)C(F)(F)C(F)(F)C(F)(F)C(F)(F)F. The highest BCUT2D eigenvalue weighted by Crippen LogP contribution is 2.68. The number of aliphatic hydroxyl groups is 3.